The van der Waals surface area contributed by atoms with E-state index in [-0.39, 0.29) is 50.5 Å². The van der Waals surface area contributed by atoms with Crippen molar-refractivity contribution in [3.8, 4) is 67.5 Å². The second kappa shape index (κ2) is 12.2. The summed E-state index contributed by atoms with van der Waals surface area (Å²) in [4.78, 5) is 14.6. The molecule has 230 valence electrons. The zero-order chi connectivity index (χ0) is 42.1. The first-order chi connectivity index (χ1) is 28.8. The second-order valence-electron chi connectivity index (χ2n) is 11.2. The van der Waals surface area contributed by atoms with E-state index in [1.807, 2.05) is 109 Å². The lowest BCUT2D eigenvalue weighted by Gasteiger charge is -2.11. The summed E-state index contributed by atoms with van der Waals surface area (Å²) in [5.41, 5.74) is 3.25. The molecule has 0 N–H and O–H groups in total. The highest BCUT2D eigenvalue weighted by atomic mass is 16.3. The first-order valence-corrected chi connectivity index (χ1v) is 15.5. The number of furan rings is 1. The van der Waals surface area contributed by atoms with Crippen LogP contribution in [0.1, 0.15) is 15.1 Å². The summed E-state index contributed by atoms with van der Waals surface area (Å²) in [7, 11) is 0. The van der Waals surface area contributed by atoms with Crippen molar-refractivity contribution in [2.45, 2.75) is 0 Å². The van der Waals surface area contributed by atoms with E-state index in [9.17, 15) is 2.74 Å². The van der Waals surface area contributed by atoms with Crippen molar-refractivity contribution in [2.75, 3.05) is 0 Å². The van der Waals surface area contributed by atoms with Gasteiger partial charge in [-0.1, -0.05) is 151 Å². The molecule has 4 heteroatoms. The Morgan fingerprint density at radius 2 is 0.959 bits per heavy atom. The van der Waals surface area contributed by atoms with Crippen LogP contribution in [0.25, 0.3) is 89.5 Å². The van der Waals surface area contributed by atoms with E-state index < -0.39 is 72.0 Å². The van der Waals surface area contributed by atoms with Crippen LogP contribution < -0.4 is 0 Å². The van der Waals surface area contributed by atoms with Gasteiger partial charge >= 0.3 is 0 Å². The van der Waals surface area contributed by atoms with Crippen molar-refractivity contribution in [2.24, 2.45) is 0 Å². The smallest absolute Gasteiger partial charge is 0.164 e. The number of para-hydroxylation sites is 1. The normalized spacial score (nSPS) is 14.4. The molecule has 0 aliphatic rings. The first kappa shape index (κ1) is 19.2. The van der Waals surface area contributed by atoms with Crippen LogP contribution >= 0.6 is 0 Å². The van der Waals surface area contributed by atoms with Gasteiger partial charge in [0.15, 0.2) is 17.5 Å². The van der Waals surface area contributed by atoms with Crippen LogP contribution in [-0.2, 0) is 0 Å². The quantitative estimate of drug-likeness (QED) is 0.182. The Hall–Kier alpha value is -6.65. The molecule has 0 spiro atoms. The van der Waals surface area contributed by atoms with Crippen LogP contribution in [0.3, 0.4) is 0 Å². The summed E-state index contributed by atoms with van der Waals surface area (Å²) in [6.07, 6.45) is 0. The molecule has 0 aliphatic carbocycles. The molecule has 0 saturated carbocycles. The molecule has 0 amide bonds. The second-order valence-corrected chi connectivity index (χ2v) is 11.2. The average molecular weight is 639 g/mol. The fraction of sp³-hybridized carbons (Fsp3) is 0. The Morgan fingerprint density at radius 3 is 1.69 bits per heavy atom. The minimum Gasteiger partial charge on any atom is -0.455 e. The van der Waals surface area contributed by atoms with Crippen molar-refractivity contribution < 1.29 is 19.5 Å². The van der Waals surface area contributed by atoms with Crippen LogP contribution in [0.15, 0.2) is 180 Å². The van der Waals surface area contributed by atoms with Gasteiger partial charge in [0.25, 0.3) is 0 Å². The monoisotopic (exact) mass is 638 g/mol. The van der Waals surface area contributed by atoms with Gasteiger partial charge in [-0.2, -0.15) is 0 Å². The highest BCUT2D eigenvalue weighted by Gasteiger charge is 2.18. The predicted octanol–water partition coefficient (Wildman–Crippen LogP) is 11.8. The first-order valence-electron chi connectivity index (χ1n) is 21.0. The van der Waals surface area contributed by atoms with Crippen LogP contribution in [0.5, 0.6) is 0 Å². The fourth-order valence-electron chi connectivity index (χ4n) is 5.77. The van der Waals surface area contributed by atoms with Gasteiger partial charge in [0.2, 0.25) is 0 Å². The maximum atomic E-state index is 9.73. The Morgan fingerprint density at radius 1 is 0.408 bits per heavy atom. The molecule has 7 aromatic carbocycles. The summed E-state index contributed by atoms with van der Waals surface area (Å²) < 4.78 is 103. The summed E-state index contributed by atoms with van der Waals surface area (Å²) in [6, 6.07) is 28.0. The molecule has 2 heterocycles. The van der Waals surface area contributed by atoms with E-state index in [0.29, 0.717) is 11.1 Å². The Kier molecular flexibility index (Phi) is 4.78. The third kappa shape index (κ3) is 5.45. The van der Waals surface area contributed by atoms with E-state index in [1.54, 1.807) is 0 Å². The fourth-order valence-corrected chi connectivity index (χ4v) is 5.77. The number of rotatable bonds is 6. The topological polar surface area (TPSA) is 51.8 Å². The number of fused-ring (bicyclic) bond motifs is 3. The van der Waals surface area contributed by atoms with Gasteiger partial charge in [0.1, 0.15) is 11.2 Å². The standard InChI is InChI=1S/C45H29N3O/c1-4-13-30(14-5-1)32-23-25-34(26-24-32)43-46-44(36-20-12-19-35(27-36)31-15-6-2-7-16-31)48-45(47-43)37-28-39(33-17-8-3-9-18-33)42-40(29-37)38-21-10-11-22-41(38)49-42/h1-29H/i3D,8D,9D,10D,11D,17D,18D,21D,22D,28D,29D. The number of hydrogen-bond acceptors (Lipinski definition) is 4. The Bertz CT molecular complexity index is 3180. The Balaban J connectivity index is 1.39. The van der Waals surface area contributed by atoms with E-state index in [0.717, 1.165) is 22.3 Å². The zero-order valence-corrected chi connectivity index (χ0v) is 25.6. The van der Waals surface area contributed by atoms with Crippen molar-refractivity contribution in [3.05, 3.63) is 176 Å². The SMILES string of the molecule is [2H]c1c([2H])c([2H])c(-c2c([2H])c(-c3nc(-c4ccc(-c5ccccc5)cc4)nc(-c4cccc(-c5ccccc5)c4)n3)c([2H])c3c2oc2c([2H])c([2H])c([2H])c([2H])c23)c([2H])c1[2H]. The lowest BCUT2D eigenvalue weighted by Crippen LogP contribution is -2.00. The van der Waals surface area contributed by atoms with Crippen molar-refractivity contribution in [1.29, 1.82) is 0 Å². The molecular weight excluding hydrogens is 599 g/mol. The summed E-state index contributed by atoms with van der Waals surface area (Å²) in [5, 5.41) is -0.357. The van der Waals surface area contributed by atoms with Gasteiger partial charge < -0.3 is 4.42 Å². The highest BCUT2D eigenvalue weighted by molar-refractivity contribution is 6.11. The molecule has 0 radical (unpaired) electrons. The number of benzene rings is 7. The van der Waals surface area contributed by atoms with Gasteiger partial charge in [-0.3, -0.25) is 0 Å². The van der Waals surface area contributed by atoms with E-state index in [4.69, 9.17) is 31.7 Å². The van der Waals surface area contributed by atoms with Crippen LogP contribution in [0, 0.1) is 0 Å². The molecule has 0 fully saturated rings. The summed E-state index contributed by atoms with van der Waals surface area (Å²) >= 11 is 0. The predicted molar refractivity (Wildman–Crippen MR) is 200 cm³/mol. The average Bonchev–Trinajstić information content (AvgIpc) is 3.69. The van der Waals surface area contributed by atoms with E-state index >= 15 is 0 Å². The molecule has 49 heavy (non-hydrogen) atoms. The summed E-state index contributed by atoms with van der Waals surface area (Å²) in [5.74, 6) is 0.192. The molecule has 0 atom stereocenters. The third-order valence-electron chi connectivity index (χ3n) is 8.15. The lowest BCUT2D eigenvalue weighted by molar-refractivity contribution is 0.670. The summed E-state index contributed by atoms with van der Waals surface area (Å²) in [6.45, 7) is 0. The third-order valence-corrected chi connectivity index (χ3v) is 8.15. The minimum absolute atomic E-state index is 0.173. The largest absolute Gasteiger partial charge is 0.455 e. The maximum absolute atomic E-state index is 9.73. The number of aromatic nitrogens is 3. The van der Waals surface area contributed by atoms with Crippen molar-refractivity contribution in [3.63, 3.8) is 0 Å². The van der Waals surface area contributed by atoms with Crippen LogP contribution in [0.2, 0.25) is 0 Å². The molecule has 2 aromatic heterocycles. The molecular formula is C45H29N3O. The van der Waals surface area contributed by atoms with Gasteiger partial charge in [0, 0.05) is 33.0 Å². The molecule has 0 aliphatic heterocycles. The molecule has 9 rings (SSSR count). The lowest BCUT2D eigenvalue weighted by atomic mass is 9.98. The molecule has 0 unspecified atom stereocenters. The van der Waals surface area contributed by atoms with Gasteiger partial charge in [-0.25, -0.2) is 15.0 Å². The molecule has 0 bridgehead atoms. The van der Waals surface area contributed by atoms with Gasteiger partial charge in [-0.05, 0) is 52.0 Å². The maximum Gasteiger partial charge on any atom is 0.164 e. The van der Waals surface area contributed by atoms with Crippen LogP contribution in [0.4, 0.5) is 0 Å². The van der Waals surface area contributed by atoms with Gasteiger partial charge in [0.05, 0.1) is 15.1 Å². The number of hydrogen-bond donors (Lipinski definition) is 0. The number of nitrogens with zero attached hydrogens (tertiary/aromatic N) is 3. The zero-order valence-electron chi connectivity index (χ0n) is 36.6. The highest BCUT2D eigenvalue weighted by Crippen LogP contribution is 2.39. The van der Waals surface area contributed by atoms with E-state index in [1.165, 1.54) is 0 Å². The Labute approximate surface area is 299 Å². The van der Waals surface area contributed by atoms with Crippen molar-refractivity contribution in [1.82, 2.24) is 15.0 Å². The van der Waals surface area contributed by atoms with Gasteiger partial charge in [-0.15, -0.1) is 0 Å². The van der Waals surface area contributed by atoms with E-state index in [2.05, 4.69) is 0 Å². The molecule has 0 saturated heterocycles. The molecule has 4 nitrogen and oxygen atoms in total. The van der Waals surface area contributed by atoms with Crippen molar-refractivity contribution >= 4 is 21.9 Å². The molecule has 9 aromatic rings. The minimum atomic E-state index is -0.683. The van der Waals surface area contributed by atoms with Crippen LogP contribution in [-0.4, -0.2) is 15.0 Å².